The highest BCUT2D eigenvalue weighted by Crippen LogP contribution is 2.32. The van der Waals surface area contributed by atoms with Gasteiger partial charge in [-0.3, -0.25) is 0 Å². The van der Waals surface area contributed by atoms with Gasteiger partial charge < -0.3 is 11.5 Å². The zero-order chi connectivity index (χ0) is 13.0. The van der Waals surface area contributed by atoms with Crippen LogP contribution in [0, 0.1) is 0 Å². The maximum absolute atomic E-state index is 6.30. The summed E-state index contributed by atoms with van der Waals surface area (Å²) in [5.41, 5.74) is 14.2. The van der Waals surface area contributed by atoms with Crippen LogP contribution in [0.3, 0.4) is 0 Å². The third-order valence-electron chi connectivity index (χ3n) is 3.42. The fraction of sp³-hybridized carbons (Fsp3) is 0.250. The minimum absolute atomic E-state index is 0.0184. The van der Waals surface area contributed by atoms with Gasteiger partial charge in [-0.05, 0) is 17.5 Å². The Morgan fingerprint density at radius 2 is 1.22 bits per heavy atom. The summed E-state index contributed by atoms with van der Waals surface area (Å²) in [6.45, 7) is 2.03. The van der Waals surface area contributed by atoms with Gasteiger partial charge in [-0.25, -0.2) is 0 Å². The van der Waals surface area contributed by atoms with Gasteiger partial charge in [0.1, 0.15) is 0 Å². The highest BCUT2D eigenvalue weighted by Gasteiger charge is 2.31. The molecule has 0 heterocycles. The predicted molar refractivity (Wildman–Crippen MR) is 76.1 cm³/mol. The molecule has 0 amide bonds. The van der Waals surface area contributed by atoms with Crippen molar-refractivity contribution in [3.63, 3.8) is 0 Å². The summed E-state index contributed by atoms with van der Waals surface area (Å²) in [6, 6.07) is 20.5. The summed E-state index contributed by atoms with van der Waals surface area (Å²) in [4.78, 5) is 0. The van der Waals surface area contributed by atoms with E-state index in [2.05, 4.69) is 24.3 Å². The number of hydrogen-bond acceptors (Lipinski definition) is 2. The second-order valence-corrected chi connectivity index (χ2v) is 4.72. The van der Waals surface area contributed by atoms with Crippen molar-refractivity contribution < 1.29 is 0 Å². The SMILES string of the molecule is CCC(N)(N)C(c1ccccc1)c1ccccc1. The van der Waals surface area contributed by atoms with Gasteiger partial charge in [0.05, 0.1) is 5.66 Å². The van der Waals surface area contributed by atoms with E-state index in [4.69, 9.17) is 11.5 Å². The van der Waals surface area contributed by atoms with Gasteiger partial charge in [-0.1, -0.05) is 67.6 Å². The van der Waals surface area contributed by atoms with E-state index < -0.39 is 5.66 Å². The van der Waals surface area contributed by atoms with Crippen LogP contribution in [0.5, 0.6) is 0 Å². The van der Waals surface area contributed by atoms with Crippen LogP contribution >= 0.6 is 0 Å². The lowest BCUT2D eigenvalue weighted by Crippen LogP contribution is -2.54. The molecule has 94 valence electrons. The van der Waals surface area contributed by atoms with Gasteiger partial charge >= 0.3 is 0 Å². The molecule has 0 spiro atoms. The van der Waals surface area contributed by atoms with E-state index in [0.717, 1.165) is 17.5 Å². The van der Waals surface area contributed by atoms with Gasteiger partial charge in [0.2, 0.25) is 0 Å². The van der Waals surface area contributed by atoms with Crippen LogP contribution < -0.4 is 11.5 Å². The van der Waals surface area contributed by atoms with E-state index >= 15 is 0 Å². The Bertz CT molecular complexity index is 437. The summed E-state index contributed by atoms with van der Waals surface area (Å²) in [7, 11) is 0. The van der Waals surface area contributed by atoms with E-state index in [1.54, 1.807) is 0 Å². The molecule has 2 aromatic rings. The van der Waals surface area contributed by atoms with Gasteiger partial charge in [0.25, 0.3) is 0 Å². The molecule has 18 heavy (non-hydrogen) atoms. The van der Waals surface area contributed by atoms with Crippen molar-refractivity contribution in [1.29, 1.82) is 0 Å². The zero-order valence-corrected chi connectivity index (χ0v) is 10.7. The van der Waals surface area contributed by atoms with Crippen LogP contribution in [0.4, 0.5) is 0 Å². The van der Waals surface area contributed by atoms with Crippen molar-refractivity contribution in [3.05, 3.63) is 71.8 Å². The van der Waals surface area contributed by atoms with Crippen LogP contribution in [-0.4, -0.2) is 5.66 Å². The average molecular weight is 240 g/mol. The maximum atomic E-state index is 6.30. The first-order valence-corrected chi connectivity index (χ1v) is 6.33. The van der Waals surface area contributed by atoms with Crippen LogP contribution in [0.25, 0.3) is 0 Å². The third kappa shape index (κ3) is 2.61. The molecule has 2 rings (SSSR count). The zero-order valence-electron chi connectivity index (χ0n) is 10.7. The Kier molecular flexibility index (Phi) is 3.80. The summed E-state index contributed by atoms with van der Waals surface area (Å²) in [5.74, 6) is 0.0184. The quantitative estimate of drug-likeness (QED) is 0.807. The fourth-order valence-electron chi connectivity index (χ4n) is 2.31. The minimum Gasteiger partial charge on any atom is -0.313 e. The molecule has 0 fully saturated rings. The normalized spacial score (nSPS) is 11.8. The van der Waals surface area contributed by atoms with Crippen molar-refractivity contribution in [2.45, 2.75) is 24.9 Å². The van der Waals surface area contributed by atoms with Crippen molar-refractivity contribution >= 4 is 0 Å². The molecule has 0 aliphatic carbocycles. The van der Waals surface area contributed by atoms with E-state index in [0.29, 0.717) is 0 Å². The predicted octanol–water partition coefficient (Wildman–Crippen LogP) is 2.84. The van der Waals surface area contributed by atoms with E-state index in [1.807, 2.05) is 43.3 Å². The van der Waals surface area contributed by atoms with Gasteiger partial charge in [0, 0.05) is 5.92 Å². The lowest BCUT2D eigenvalue weighted by molar-refractivity contribution is 0.378. The summed E-state index contributed by atoms with van der Waals surface area (Å²) >= 11 is 0. The largest absolute Gasteiger partial charge is 0.313 e. The molecule has 4 N–H and O–H groups in total. The van der Waals surface area contributed by atoms with Crippen LogP contribution in [0.1, 0.15) is 30.4 Å². The molecule has 0 unspecified atom stereocenters. The molecule has 0 atom stereocenters. The van der Waals surface area contributed by atoms with Crippen LogP contribution in [0.15, 0.2) is 60.7 Å². The molecule has 0 aromatic heterocycles. The first kappa shape index (κ1) is 12.8. The molecule has 0 bridgehead atoms. The summed E-state index contributed by atoms with van der Waals surface area (Å²) in [5, 5.41) is 0. The van der Waals surface area contributed by atoms with E-state index in [-0.39, 0.29) is 5.92 Å². The second-order valence-electron chi connectivity index (χ2n) is 4.72. The van der Waals surface area contributed by atoms with Crippen molar-refractivity contribution in [1.82, 2.24) is 0 Å². The molecule has 0 saturated carbocycles. The lowest BCUT2D eigenvalue weighted by Gasteiger charge is -2.34. The summed E-state index contributed by atoms with van der Waals surface area (Å²) < 4.78 is 0. The Hall–Kier alpha value is -1.64. The molecule has 2 heteroatoms. The van der Waals surface area contributed by atoms with Crippen LogP contribution in [0.2, 0.25) is 0 Å². The van der Waals surface area contributed by atoms with Crippen molar-refractivity contribution in [2.24, 2.45) is 11.5 Å². The van der Waals surface area contributed by atoms with Crippen molar-refractivity contribution in [2.75, 3.05) is 0 Å². The van der Waals surface area contributed by atoms with Gasteiger partial charge in [0.15, 0.2) is 0 Å². The number of nitrogens with two attached hydrogens (primary N) is 2. The molecule has 2 nitrogen and oxygen atoms in total. The Morgan fingerprint density at radius 1 is 0.833 bits per heavy atom. The fourth-order valence-corrected chi connectivity index (χ4v) is 2.31. The average Bonchev–Trinajstić information content (AvgIpc) is 2.41. The first-order chi connectivity index (χ1) is 8.65. The maximum Gasteiger partial charge on any atom is 0.0745 e. The lowest BCUT2D eigenvalue weighted by atomic mass is 9.80. The Balaban J connectivity index is 2.49. The van der Waals surface area contributed by atoms with Gasteiger partial charge in [-0.2, -0.15) is 0 Å². The van der Waals surface area contributed by atoms with Gasteiger partial charge in [-0.15, -0.1) is 0 Å². The molecular weight excluding hydrogens is 220 g/mol. The topological polar surface area (TPSA) is 52.0 Å². The highest BCUT2D eigenvalue weighted by atomic mass is 15.0. The van der Waals surface area contributed by atoms with E-state index in [1.165, 1.54) is 0 Å². The Labute approximate surface area is 109 Å². The standard InChI is InChI=1S/C16H20N2/c1-2-16(17,18)15(13-9-5-3-6-10-13)14-11-7-4-8-12-14/h3-12,15H,2,17-18H2,1H3. The highest BCUT2D eigenvalue weighted by molar-refractivity contribution is 5.35. The molecule has 0 radical (unpaired) electrons. The third-order valence-corrected chi connectivity index (χ3v) is 3.42. The summed E-state index contributed by atoms with van der Waals surface area (Å²) in [6.07, 6.45) is 0.724. The van der Waals surface area contributed by atoms with Crippen LogP contribution in [-0.2, 0) is 0 Å². The minimum atomic E-state index is -0.733. The Morgan fingerprint density at radius 3 is 1.56 bits per heavy atom. The molecule has 0 aliphatic heterocycles. The molecular formula is C16H20N2. The van der Waals surface area contributed by atoms with Crippen molar-refractivity contribution in [3.8, 4) is 0 Å². The monoisotopic (exact) mass is 240 g/mol. The molecule has 0 aliphatic rings. The number of benzene rings is 2. The molecule has 2 aromatic carbocycles. The first-order valence-electron chi connectivity index (χ1n) is 6.33. The number of rotatable bonds is 4. The smallest absolute Gasteiger partial charge is 0.0745 e. The number of hydrogen-bond donors (Lipinski definition) is 2. The molecule has 0 saturated heterocycles. The van der Waals surface area contributed by atoms with E-state index in [9.17, 15) is 0 Å². The second kappa shape index (κ2) is 5.34.